The van der Waals surface area contributed by atoms with Crippen LogP contribution in [-0.4, -0.2) is 43.4 Å². The first-order chi connectivity index (χ1) is 13.8. The van der Waals surface area contributed by atoms with Crippen molar-refractivity contribution in [2.24, 2.45) is 5.41 Å². The van der Waals surface area contributed by atoms with E-state index in [4.69, 9.17) is 4.74 Å². The van der Waals surface area contributed by atoms with Gasteiger partial charge in [-0.1, -0.05) is 6.07 Å². The quantitative estimate of drug-likeness (QED) is 0.667. The highest BCUT2D eigenvalue weighted by Crippen LogP contribution is 2.38. The smallest absolute Gasteiger partial charge is 0.313 e. The van der Waals surface area contributed by atoms with Gasteiger partial charge >= 0.3 is 5.97 Å². The number of carbonyl (C=O) groups is 1. The monoisotopic (exact) mass is 424 g/mol. The molecule has 29 heavy (non-hydrogen) atoms. The van der Waals surface area contributed by atoms with E-state index in [-0.39, 0.29) is 36.6 Å². The number of hydrogen-bond acceptors (Lipinski definition) is 5. The Kier molecular flexibility index (Phi) is 6.28. The van der Waals surface area contributed by atoms with Crippen molar-refractivity contribution in [2.45, 2.75) is 31.1 Å². The normalized spacial score (nSPS) is 20.4. The average molecular weight is 424 g/mol. The number of hydrogen-bond donors (Lipinski definition) is 0. The molecule has 1 aliphatic heterocycles. The Morgan fingerprint density at radius 2 is 2.10 bits per heavy atom. The number of aromatic nitrogens is 1. The van der Waals surface area contributed by atoms with Gasteiger partial charge in [-0.15, -0.1) is 0 Å². The fourth-order valence-electron chi connectivity index (χ4n) is 3.64. The van der Waals surface area contributed by atoms with Gasteiger partial charge in [0.05, 0.1) is 12.0 Å². The number of sulfonamides is 1. The van der Waals surface area contributed by atoms with Crippen LogP contribution in [0.5, 0.6) is 0 Å². The highest BCUT2D eigenvalue weighted by Gasteiger charge is 2.47. The third-order valence-electron chi connectivity index (χ3n) is 5.07. The molecule has 1 saturated heterocycles. The standard InChI is InChI=1S/C20H22F2N2O4S/c1-2-28-19(25)20(12-15-6-7-16(21)11-18(15)22)8-4-10-24(14-20)29(26,27)17-5-3-9-23-13-17/h3,5-7,9,11,13H,2,4,8,10,12,14H2,1H3. The zero-order valence-electron chi connectivity index (χ0n) is 16.0. The summed E-state index contributed by atoms with van der Waals surface area (Å²) in [6, 6.07) is 6.09. The third kappa shape index (κ3) is 4.45. The second-order valence-electron chi connectivity index (χ2n) is 7.04. The van der Waals surface area contributed by atoms with Gasteiger partial charge in [-0.05, 0) is 49.9 Å². The first-order valence-corrected chi connectivity index (χ1v) is 10.7. The van der Waals surface area contributed by atoms with Gasteiger partial charge < -0.3 is 4.74 Å². The lowest BCUT2D eigenvalue weighted by molar-refractivity contribution is -0.157. The summed E-state index contributed by atoms with van der Waals surface area (Å²) in [5, 5.41) is 0. The molecule has 156 valence electrons. The number of pyridine rings is 1. The van der Waals surface area contributed by atoms with Gasteiger partial charge in [-0.2, -0.15) is 4.31 Å². The van der Waals surface area contributed by atoms with E-state index in [2.05, 4.69) is 4.98 Å². The molecule has 1 fully saturated rings. The molecule has 0 radical (unpaired) electrons. The molecule has 0 aliphatic carbocycles. The number of benzene rings is 1. The van der Waals surface area contributed by atoms with E-state index < -0.39 is 33.0 Å². The van der Waals surface area contributed by atoms with Gasteiger partial charge in [0.2, 0.25) is 10.0 Å². The Morgan fingerprint density at radius 3 is 2.76 bits per heavy atom. The third-order valence-corrected chi connectivity index (χ3v) is 6.90. The van der Waals surface area contributed by atoms with Gasteiger partial charge in [-0.3, -0.25) is 9.78 Å². The van der Waals surface area contributed by atoms with Crippen LogP contribution in [0.3, 0.4) is 0 Å². The van der Waals surface area contributed by atoms with Crippen LogP contribution in [0.4, 0.5) is 8.78 Å². The Morgan fingerprint density at radius 1 is 1.31 bits per heavy atom. The van der Waals surface area contributed by atoms with Gasteiger partial charge in [0.25, 0.3) is 0 Å². The molecule has 0 amide bonds. The van der Waals surface area contributed by atoms with Crippen LogP contribution in [0.25, 0.3) is 0 Å². The fourth-order valence-corrected chi connectivity index (χ4v) is 5.17. The second-order valence-corrected chi connectivity index (χ2v) is 8.98. The zero-order chi connectivity index (χ0) is 21.1. The first-order valence-electron chi connectivity index (χ1n) is 9.30. The van der Waals surface area contributed by atoms with Crippen molar-refractivity contribution in [3.05, 3.63) is 59.9 Å². The maximum atomic E-state index is 14.3. The topological polar surface area (TPSA) is 76.6 Å². The Hall–Kier alpha value is -2.39. The zero-order valence-corrected chi connectivity index (χ0v) is 16.8. The number of piperidine rings is 1. The maximum Gasteiger partial charge on any atom is 0.313 e. The lowest BCUT2D eigenvalue weighted by atomic mass is 9.75. The van der Waals surface area contributed by atoms with Crippen molar-refractivity contribution in [1.29, 1.82) is 0 Å². The van der Waals surface area contributed by atoms with E-state index in [0.717, 1.165) is 12.1 Å². The molecule has 1 aromatic heterocycles. The first kappa shape index (κ1) is 21.3. The molecular formula is C20H22F2N2O4S. The van der Waals surface area contributed by atoms with E-state index in [0.29, 0.717) is 12.8 Å². The SMILES string of the molecule is CCOC(=O)C1(Cc2ccc(F)cc2F)CCCN(S(=O)(=O)c2cccnc2)C1. The predicted octanol–water partition coefficient (Wildman–Crippen LogP) is 2.94. The highest BCUT2D eigenvalue weighted by molar-refractivity contribution is 7.89. The lowest BCUT2D eigenvalue weighted by Gasteiger charge is -2.40. The summed E-state index contributed by atoms with van der Waals surface area (Å²) < 4.78 is 60.1. The van der Waals surface area contributed by atoms with E-state index >= 15 is 0 Å². The summed E-state index contributed by atoms with van der Waals surface area (Å²) in [5.74, 6) is -2.09. The van der Waals surface area contributed by atoms with Crippen LogP contribution in [-0.2, 0) is 26.0 Å². The summed E-state index contributed by atoms with van der Waals surface area (Å²) in [7, 11) is -3.88. The molecule has 0 saturated carbocycles. The molecule has 3 rings (SSSR count). The summed E-state index contributed by atoms with van der Waals surface area (Å²) in [6.07, 6.45) is 3.37. The molecule has 0 spiro atoms. The predicted molar refractivity (Wildman–Crippen MR) is 101 cm³/mol. The summed E-state index contributed by atoms with van der Waals surface area (Å²) in [6.45, 7) is 1.84. The summed E-state index contributed by atoms with van der Waals surface area (Å²) in [4.78, 5) is 16.7. The molecule has 1 unspecified atom stereocenters. The van der Waals surface area contributed by atoms with Crippen molar-refractivity contribution in [2.75, 3.05) is 19.7 Å². The van der Waals surface area contributed by atoms with Crippen molar-refractivity contribution in [1.82, 2.24) is 9.29 Å². The lowest BCUT2D eigenvalue weighted by Crippen LogP contribution is -2.51. The van der Waals surface area contributed by atoms with Crippen molar-refractivity contribution < 1.29 is 26.7 Å². The van der Waals surface area contributed by atoms with Crippen LogP contribution < -0.4 is 0 Å². The molecule has 0 bridgehead atoms. The van der Waals surface area contributed by atoms with Crippen LogP contribution in [0.2, 0.25) is 0 Å². The number of rotatable bonds is 6. The Balaban J connectivity index is 1.97. The van der Waals surface area contributed by atoms with Gasteiger partial charge in [0.1, 0.15) is 16.5 Å². The molecule has 1 aromatic carbocycles. The van der Waals surface area contributed by atoms with E-state index in [9.17, 15) is 22.0 Å². The maximum absolute atomic E-state index is 14.3. The second kappa shape index (κ2) is 8.54. The minimum Gasteiger partial charge on any atom is -0.466 e. The Labute approximate surface area is 168 Å². The fraction of sp³-hybridized carbons (Fsp3) is 0.400. The average Bonchev–Trinajstić information content (AvgIpc) is 2.71. The van der Waals surface area contributed by atoms with Gasteiger partial charge in [0.15, 0.2) is 0 Å². The van der Waals surface area contributed by atoms with Gasteiger partial charge in [0, 0.05) is 31.5 Å². The van der Waals surface area contributed by atoms with E-state index in [1.165, 1.54) is 34.9 Å². The molecular weight excluding hydrogens is 402 g/mol. The van der Waals surface area contributed by atoms with Crippen LogP contribution in [0.1, 0.15) is 25.3 Å². The minimum atomic E-state index is -3.88. The van der Waals surface area contributed by atoms with E-state index in [1.807, 2.05) is 0 Å². The molecule has 9 heteroatoms. The largest absolute Gasteiger partial charge is 0.466 e. The summed E-state index contributed by atoms with van der Waals surface area (Å²) in [5.41, 5.74) is -1.12. The van der Waals surface area contributed by atoms with Crippen molar-refractivity contribution in [3.63, 3.8) is 0 Å². The van der Waals surface area contributed by atoms with Crippen molar-refractivity contribution >= 4 is 16.0 Å². The molecule has 2 aromatic rings. The molecule has 2 heterocycles. The number of esters is 1. The Bertz CT molecular complexity index is 985. The molecule has 6 nitrogen and oxygen atoms in total. The van der Waals surface area contributed by atoms with Crippen molar-refractivity contribution in [3.8, 4) is 0 Å². The number of halogens is 2. The van der Waals surface area contributed by atoms with Crippen LogP contribution >= 0.6 is 0 Å². The molecule has 1 aliphatic rings. The summed E-state index contributed by atoms with van der Waals surface area (Å²) >= 11 is 0. The van der Waals surface area contributed by atoms with Crippen LogP contribution in [0, 0.1) is 17.0 Å². The molecule has 1 atom stereocenters. The number of ether oxygens (including phenoxy) is 1. The molecule has 0 N–H and O–H groups in total. The van der Waals surface area contributed by atoms with Gasteiger partial charge in [-0.25, -0.2) is 17.2 Å². The number of carbonyl (C=O) groups excluding carboxylic acids is 1. The number of nitrogens with zero attached hydrogens (tertiary/aromatic N) is 2. The van der Waals surface area contributed by atoms with Crippen LogP contribution in [0.15, 0.2) is 47.6 Å². The minimum absolute atomic E-state index is 0.0209. The highest BCUT2D eigenvalue weighted by atomic mass is 32.2. The van der Waals surface area contributed by atoms with E-state index in [1.54, 1.807) is 6.92 Å².